The molecule has 0 atom stereocenters. The van der Waals surface area contributed by atoms with Crippen LogP contribution in [0.2, 0.25) is 0 Å². The van der Waals surface area contributed by atoms with Crippen LogP contribution >= 0.6 is 0 Å². The Morgan fingerprint density at radius 1 is 1.12 bits per heavy atom. The van der Waals surface area contributed by atoms with E-state index in [4.69, 9.17) is 10.5 Å². The minimum Gasteiger partial charge on any atom is -0.445 e. The smallest absolute Gasteiger partial charge is 0.410 e. The summed E-state index contributed by atoms with van der Waals surface area (Å²) >= 11 is 0. The first kappa shape index (κ1) is 16.1. The molecule has 6 nitrogen and oxygen atoms in total. The number of amides is 1. The van der Waals surface area contributed by atoms with Gasteiger partial charge in [-0.2, -0.15) is 0 Å². The summed E-state index contributed by atoms with van der Waals surface area (Å²) in [7, 11) is 0. The van der Waals surface area contributed by atoms with Crippen molar-refractivity contribution in [3.8, 4) is 0 Å². The number of nitrogens with two attached hydrogens (primary N) is 1. The number of nitrogens with zero attached hydrogens (tertiary/aromatic N) is 2. The Balaban J connectivity index is 1.54. The van der Waals surface area contributed by atoms with Gasteiger partial charge in [0.2, 0.25) is 0 Å². The Morgan fingerprint density at radius 3 is 2.54 bits per heavy atom. The molecule has 3 rings (SSSR count). The van der Waals surface area contributed by atoms with E-state index in [2.05, 4.69) is 0 Å². The Labute approximate surface area is 140 Å². The summed E-state index contributed by atoms with van der Waals surface area (Å²) in [4.78, 5) is 25.9. The first-order valence-electron chi connectivity index (χ1n) is 8.07. The average Bonchev–Trinajstić information content (AvgIpc) is 2.63. The quantitative estimate of drug-likeness (QED) is 0.939. The van der Waals surface area contributed by atoms with Gasteiger partial charge in [-0.25, -0.2) is 4.79 Å². The molecule has 1 saturated heterocycles. The van der Waals surface area contributed by atoms with Crippen molar-refractivity contribution in [2.45, 2.75) is 25.5 Å². The molecule has 1 fully saturated rings. The first-order chi connectivity index (χ1) is 11.6. The van der Waals surface area contributed by atoms with Crippen LogP contribution in [-0.2, 0) is 11.3 Å². The molecule has 24 heavy (non-hydrogen) atoms. The van der Waals surface area contributed by atoms with Crippen molar-refractivity contribution in [1.29, 1.82) is 0 Å². The zero-order valence-electron chi connectivity index (χ0n) is 13.4. The van der Waals surface area contributed by atoms with Gasteiger partial charge in [0.15, 0.2) is 0 Å². The van der Waals surface area contributed by atoms with E-state index < -0.39 is 0 Å². The molecule has 0 radical (unpaired) electrons. The molecule has 0 saturated carbocycles. The van der Waals surface area contributed by atoms with Gasteiger partial charge in [0.25, 0.3) is 5.56 Å². The molecule has 2 aromatic rings. The third kappa shape index (κ3) is 3.59. The van der Waals surface area contributed by atoms with Crippen LogP contribution in [0.3, 0.4) is 0 Å². The van der Waals surface area contributed by atoms with Crippen LogP contribution in [0.4, 0.5) is 10.5 Å². The lowest BCUT2D eigenvalue weighted by Gasteiger charge is -2.32. The summed E-state index contributed by atoms with van der Waals surface area (Å²) < 4.78 is 7.02. The Morgan fingerprint density at radius 2 is 1.83 bits per heavy atom. The number of hydrogen-bond donors (Lipinski definition) is 1. The van der Waals surface area contributed by atoms with E-state index in [1.807, 2.05) is 30.3 Å². The van der Waals surface area contributed by atoms with Crippen LogP contribution in [0.5, 0.6) is 0 Å². The molecule has 1 aliphatic heterocycles. The van der Waals surface area contributed by atoms with Gasteiger partial charge in [-0.3, -0.25) is 4.79 Å². The van der Waals surface area contributed by atoms with E-state index in [0.717, 1.165) is 5.56 Å². The molecule has 0 spiro atoms. The van der Waals surface area contributed by atoms with Crippen molar-refractivity contribution in [3.05, 3.63) is 64.6 Å². The second-order valence-electron chi connectivity index (χ2n) is 5.93. The van der Waals surface area contributed by atoms with Crippen molar-refractivity contribution in [2.24, 2.45) is 0 Å². The monoisotopic (exact) mass is 327 g/mol. The Bertz CT molecular complexity index is 750. The summed E-state index contributed by atoms with van der Waals surface area (Å²) in [6.07, 6.45) is 2.87. The molecule has 126 valence electrons. The normalized spacial score (nSPS) is 15.2. The summed E-state index contributed by atoms with van der Waals surface area (Å²) in [6.45, 7) is 1.41. The predicted octanol–water partition coefficient (Wildman–Crippen LogP) is 2.40. The largest absolute Gasteiger partial charge is 0.445 e. The lowest BCUT2D eigenvalue weighted by Crippen LogP contribution is -2.41. The lowest BCUT2D eigenvalue weighted by atomic mass is 10.0. The number of likely N-dealkylation sites (tertiary alicyclic amines) is 1. The molecular formula is C18H21N3O3. The van der Waals surface area contributed by atoms with Gasteiger partial charge in [0, 0.05) is 25.3 Å². The van der Waals surface area contributed by atoms with Crippen molar-refractivity contribution >= 4 is 11.8 Å². The van der Waals surface area contributed by atoms with Gasteiger partial charge in [0.1, 0.15) is 6.61 Å². The molecule has 6 heteroatoms. The van der Waals surface area contributed by atoms with Gasteiger partial charge in [-0.1, -0.05) is 30.3 Å². The van der Waals surface area contributed by atoms with Crippen LogP contribution in [0, 0.1) is 0 Å². The number of piperidine rings is 1. The molecule has 0 unspecified atom stereocenters. The van der Waals surface area contributed by atoms with E-state index in [1.165, 1.54) is 0 Å². The molecule has 2 heterocycles. The van der Waals surface area contributed by atoms with E-state index in [1.54, 1.807) is 27.8 Å². The van der Waals surface area contributed by atoms with Gasteiger partial charge < -0.3 is 19.9 Å². The third-order valence-corrected chi connectivity index (χ3v) is 4.33. The van der Waals surface area contributed by atoms with Crippen molar-refractivity contribution in [3.63, 3.8) is 0 Å². The van der Waals surface area contributed by atoms with Gasteiger partial charge >= 0.3 is 6.09 Å². The highest BCUT2D eigenvalue weighted by molar-refractivity contribution is 5.67. The number of anilines is 1. The highest BCUT2D eigenvalue weighted by atomic mass is 16.6. The van der Waals surface area contributed by atoms with Gasteiger partial charge in [-0.15, -0.1) is 0 Å². The zero-order chi connectivity index (χ0) is 16.9. The Hall–Kier alpha value is -2.76. The number of hydrogen-bond acceptors (Lipinski definition) is 4. The lowest BCUT2D eigenvalue weighted by molar-refractivity contribution is 0.0829. The Kier molecular flexibility index (Phi) is 4.84. The number of rotatable bonds is 3. The second-order valence-corrected chi connectivity index (χ2v) is 5.93. The number of nitrogen functional groups attached to an aromatic ring is 1. The second kappa shape index (κ2) is 7.21. The van der Waals surface area contributed by atoms with Gasteiger partial charge in [-0.05, 0) is 30.5 Å². The van der Waals surface area contributed by atoms with Crippen LogP contribution in [-0.4, -0.2) is 28.6 Å². The fourth-order valence-electron chi connectivity index (χ4n) is 2.95. The standard InChI is InChI=1S/C18H21N3O3/c19-16-7-4-10-21(17(16)22)15-8-11-20(12-9-15)18(23)24-13-14-5-2-1-3-6-14/h1-7,10,15H,8-9,11-13,19H2. The maximum Gasteiger partial charge on any atom is 0.410 e. The van der Waals surface area contributed by atoms with E-state index in [9.17, 15) is 9.59 Å². The molecular weight excluding hydrogens is 306 g/mol. The number of pyridine rings is 1. The highest BCUT2D eigenvalue weighted by Gasteiger charge is 2.25. The number of aromatic nitrogens is 1. The van der Waals surface area contributed by atoms with E-state index in [0.29, 0.717) is 25.9 Å². The average molecular weight is 327 g/mol. The van der Waals surface area contributed by atoms with Crippen molar-refractivity contribution < 1.29 is 9.53 Å². The molecule has 1 aromatic carbocycles. The van der Waals surface area contributed by atoms with Crippen molar-refractivity contribution in [1.82, 2.24) is 9.47 Å². The predicted molar refractivity (Wildman–Crippen MR) is 91.6 cm³/mol. The minimum absolute atomic E-state index is 0.0687. The number of ether oxygens (including phenoxy) is 1. The zero-order valence-corrected chi connectivity index (χ0v) is 13.4. The minimum atomic E-state index is -0.308. The maximum absolute atomic E-state index is 12.2. The van der Waals surface area contributed by atoms with Crippen LogP contribution < -0.4 is 11.3 Å². The maximum atomic E-state index is 12.2. The fraction of sp³-hybridized carbons (Fsp3) is 0.333. The summed E-state index contributed by atoms with van der Waals surface area (Å²) in [6, 6.07) is 13.0. The highest BCUT2D eigenvalue weighted by Crippen LogP contribution is 2.22. The van der Waals surface area contributed by atoms with E-state index >= 15 is 0 Å². The molecule has 0 bridgehead atoms. The summed E-state index contributed by atoms with van der Waals surface area (Å²) in [5.41, 5.74) is 6.73. The third-order valence-electron chi connectivity index (χ3n) is 4.33. The van der Waals surface area contributed by atoms with Crippen molar-refractivity contribution in [2.75, 3.05) is 18.8 Å². The van der Waals surface area contributed by atoms with Crippen LogP contribution in [0.1, 0.15) is 24.4 Å². The summed E-state index contributed by atoms with van der Waals surface area (Å²) in [5.74, 6) is 0. The summed E-state index contributed by atoms with van der Waals surface area (Å²) in [5, 5.41) is 0. The topological polar surface area (TPSA) is 77.6 Å². The number of benzene rings is 1. The number of carbonyl (C=O) groups is 1. The SMILES string of the molecule is Nc1cccn(C2CCN(C(=O)OCc3ccccc3)CC2)c1=O. The number of carbonyl (C=O) groups excluding carboxylic acids is 1. The molecule has 1 aromatic heterocycles. The molecule has 2 N–H and O–H groups in total. The molecule has 1 aliphatic rings. The molecule has 1 amide bonds. The van der Waals surface area contributed by atoms with E-state index in [-0.39, 0.29) is 30.0 Å². The first-order valence-corrected chi connectivity index (χ1v) is 8.07. The molecule has 0 aliphatic carbocycles. The van der Waals surface area contributed by atoms with Crippen LogP contribution in [0.25, 0.3) is 0 Å². The van der Waals surface area contributed by atoms with Crippen LogP contribution in [0.15, 0.2) is 53.5 Å². The fourth-order valence-corrected chi connectivity index (χ4v) is 2.95. The van der Waals surface area contributed by atoms with Gasteiger partial charge in [0.05, 0.1) is 5.69 Å².